The number of amides is 2. The van der Waals surface area contributed by atoms with Crippen molar-refractivity contribution in [1.29, 1.82) is 0 Å². The van der Waals surface area contributed by atoms with Crippen molar-refractivity contribution in [3.05, 3.63) is 52.5 Å². The van der Waals surface area contributed by atoms with E-state index in [2.05, 4.69) is 20.8 Å². The molecular formula is C19H18N4O3S. The fourth-order valence-electron chi connectivity index (χ4n) is 2.50. The summed E-state index contributed by atoms with van der Waals surface area (Å²) in [5.41, 5.74) is 2.12. The molecule has 0 spiro atoms. The first-order chi connectivity index (χ1) is 13.2. The van der Waals surface area contributed by atoms with Crippen molar-refractivity contribution >= 4 is 28.8 Å². The summed E-state index contributed by atoms with van der Waals surface area (Å²) in [6, 6.07) is 9.09. The second kappa shape index (κ2) is 7.71. The van der Waals surface area contributed by atoms with Crippen molar-refractivity contribution in [2.75, 3.05) is 5.32 Å². The maximum absolute atomic E-state index is 12.1. The number of hydrogen-bond acceptors (Lipinski definition) is 6. The van der Waals surface area contributed by atoms with Crippen LogP contribution in [0.1, 0.15) is 35.5 Å². The Balaban J connectivity index is 1.27. The summed E-state index contributed by atoms with van der Waals surface area (Å²) >= 11 is 1.55. The van der Waals surface area contributed by atoms with Gasteiger partial charge in [0.05, 0.1) is 0 Å². The number of nitrogens with zero attached hydrogens (tertiary/aromatic N) is 2. The molecule has 0 aliphatic heterocycles. The van der Waals surface area contributed by atoms with E-state index in [-0.39, 0.29) is 18.2 Å². The Kier molecular flexibility index (Phi) is 4.97. The monoisotopic (exact) mass is 382 g/mol. The molecule has 0 atom stereocenters. The van der Waals surface area contributed by atoms with Crippen LogP contribution in [0.15, 0.2) is 45.5 Å². The van der Waals surface area contributed by atoms with E-state index in [9.17, 15) is 9.59 Å². The topological polar surface area (TPSA) is 97.1 Å². The fourth-order valence-corrected chi connectivity index (χ4v) is 3.13. The van der Waals surface area contributed by atoms with Gasteiger partial charge in [0.15, 0.2) is 0 Å². The van der Waals surface area contributed by atoms with Crippen LogP contribution < -0.4 is 10.6 Å². The van der Waals surface area contributed by atoms with E-state index >= 15 is 0 Å². The summed E-state index contributed by atoms with van der Waals surface area (Å²) in [4.78, 5) is 24.1. The molecule has 2 aromatic heterocycles. The van der Waals surface area contributed by atoms with Gasteiger partial charge in [-0.1, -0.05) is 0 Å². The molecule has 4 rings (SSSR count). The predicted molar refractivity (Wildman–Crippen MR) is 101 cm³/mol. The normalized spacial score (nSPS) is 13.3. The molecule has 0 radical (unpaired) electrons. The first-order valence-corrected chi connectivity index (χ1v) is 9.67. The van der Waals surface area contributed by atoms with Crippen molar-refractivity contribution in [3.63, 3.8) is 0 Å². The van der Waals surface area contributed by atoms with Crippen LogP contribution in [0.4, 0.5) is 5.69 Å². The molecule has 1 aliphatic rings. The van der Waals surface area contributed by atoms with Gasteiger partial charge in [0.2, 0.25) is 17.7 Å². The number of nitrogens with one attached hydrogen (secondary N) is 2. The number of rotatable bonds is 7. The van der Waals surface area contributed by atoms with Gasteiger partial charge < -0.3 is 15.1 Å². The highest BCUT2D eigenvalue weighted by molar-refractivity contribution is 7.08. The number of carbonyl (C=O) groups is 2. The second-order valence-electron chi connectivity index (χ2n) is 6.39. The van der Waals surface area contributed by atoms with E-state index in [1.165, 1.54) is 0 Å². The van der Waals surface area contributed by atoms with Crippen LogP contribution in [0.5, 0.6) is 0 Å². The SMILES string of the molecule is O=C(CCc1nnc(-c2ccsc2)o1)Nc1ccc(C(=O)NC2CC2)cc1. The molecule has 0 bridgehead atoms. The van der Waals surface area contributed by atoms with Gasteiger partial charge in [0.25, 0.3) is 5.91 Å². The third kappa shape index (κ3) is 4.59. The quantitative estimate of drug-likeness (QED) is 0.654. The molecule has 27 heavy (non-hydrogen) atoms. The largest absolute Gasteiger partial charge is 0.421 e. The number of carbonyl (C=O) groups excluding carboxylic acids is 2. The molecule has 1 fully saturated rings. The number of benzene rings is 1. The minimum Gasteiger partial charge on any atom is -0.421 e. The van der Waals surface area contributed by atoms with Crippen molar-refractivity contribution in [2.24, 2.45) is 0 Å². The number of aromatic nitrogens is 2. The molecule has 0 unspecified atom stereocenters. The number of thiophene rings is 1. The number of aryl methyl sites for hydroxylation is 1. The lowest BCUT2D eigenvalue weighted by Gasteiger charge is -2.06. The van der Waals surface area contributed by atoms with Crippen molar-refractivity contribution in [3.8, 4) is 11.5 Å². The molecule has 2 amide bonds. The number of hydrogen-bond donors (Lipinski definition) is 2. The van der Waals surface area contributed by atoms with E-state index in [0.29, 0.717) is 35.5 Å². The lowest BCUT2D eigenvalue weighted by molar-refractivity contribution is -0.116. The van der Waals surface area contributed by atoms with Crippen LogP contribution in [0.3, 0.4) is 0 Å². The van der Waals surface area contributed by atoms with Crippen LogP contribution >= 0.6 is 11.3 Å². The maximum Gasteiger partial charge on any atom is 0.251 e. The average molecular weight is 382 g/mol. The van der Waals surface area contributed by atoms with Gasteiger partial charge in [0, 0.05) is 41.1 Å². The van der Waals surface area contributed by atoms with Crippen LogP contribution in [0.25, 0.3) is 11.5 Å². The molecule has 138 valence electrons. The van der Waals surface area contributed by atoms with Crippen LogP contribution in [-0.4, -0.2) is 28.1 Å². The first kappa shape index (κ1) is 17.4. The molecule has 2 heterocycles. The molecule has 7 nitrogen and oxygen atoms in total. The standard InChI is InChI=1S/C19H18N4O3S/c24-16(7-8-17-22-23-19(26-17)13-9-10-27-11-13)20-14-3-1-12(2-4-14)18(25)21-15-5-6-15/h1-4,9-11,15H,5-8H2,(H,20,24)(H,21,25). The van der Waals surface area contributed by atoms with Crippen molar-refractivity contribution in [2.45, 2.75) is 31.7 Å². The summed E-state index contributed by atoms with van der Waals surface area (Å²) in [5.74, 6) is 0.666. The molecule has 2 N–H and O–H groups in total. The van der Waals surface area contributed by atoms with Crippen molar-refractivity contribution < 1.29 is 14.0 Å². The highest BCUT2D eigenvalue weighted by atomic mass is 32.1. The summed E-state index contributed by atoms with van der Waals surface area (Å²) in [6.45, 7) is 0. The highest BCUT2D eigenvalue weighted by Gasteiger charge is 2.23. The molecule has 1 aliphatic carbocycles. The fraction of sp³-hybridized carbons (Fsp3) is 0.263. The Morgan fingerprint density at radius 2 is 1.96 bits per heavy atom. The van der Waals surface area contributed by atoms with E-state index in [0.717, 1.165) is 18.4 Å². The van der Waals surface area contributed by atoms with Gasteiger partial charge in [0.1, 0.15) is 0 Å². The smallest absolute Gasteiger partial charge is 0.251 e. The Morgan fingerprint density at radius 3 is 2.67 bits per heavy atom. The molecule has 1 saturated carbocycles. The average Bonchev–Trinajstić information content (AvgIpc) is 3.13. The zero-order valence-electron chi connectivity index (χ0n) is 14.5. The molecule has 3 aromatic rings. The minimum absolute atomic E-state index is 0.0757. The van der Waals surface area contributed by atoms with E-state index < -0.39 is 0 Å². The van der Waals surface area contributed by atoms with Gasteiger partial charge in [-0.3, -0.25) is 9.59 Å². The zero-order chi connectivity index (χ0) is 18.6. The lowest BCUT2D eigenvalue weighted by atomic mass is 10.2. The Labute approximate surface area is 159 Å². The van der Waals surface area contributed by atoms with Crippen LogP contribution in [0, 0.1) is 0 Å². The summed E-state index contributed by atoms with van der Waals surface area (Å²) in [5, 5.41) is 17.6. The third-order valence-electron chi connectivity index (χ3n) is 4.14. The van der Waals surface area contributed by atoms with Gasteiger partial charge in [-0.25, -0.2) is 0 Å². The predicted octanol–water partition coefficient (Wildman–Crippen LogP) is 3.26. The Morgan fingerprint density at radius 1 is 1.15 bits per heavy atom. The van der Waals surface area contributed by atoms with E-state index in [4.69, 9.17) is 4.42 Å². The summed E-state index contributed by atoms with van der Waals surface area (Å²) < 4.78 is 5.57. The summed E-state index contributed by atoms with van der Waals surface area (Å²) in [7, 11) is 0. The Bertz CT molecular complexity index is 930. The van der Waals surface area contributed by atoms with Crippen molar-refractivity contribution in [1.82, 2.24) is 15.5 Å². The molecule has 8 heteroatoms. The van der Waals surface area contributed by atoms with Gasteiger partial charge in [-0.2, -0.15) is 11.3 Å². The molecular weight excluding hydrogens is 364 g/mol. The lowest BCUT2D eigenvalue weighted by Crippen LogP contribution is -2.25. The molecule has 0 saturated heterocycles. The number of anilines is 1. The van der Waals surface area contributed by atoms with Gasteiger partial charge in [-0.15, -0.1) is 10.2 Å². The Hall–Kier alpha value is -3.00. The van der Waals surface area contributed by atoms with Crippen LogP contribution in [0.2, 0.25) is 0 Å². The minimum atomic E-state index is -0.152. The third-order valence-corrected chi connectivity index (χ3v) is 4.83. The van der Waals surface area contributed by atoms with Crippen LogP contribution in [-0.2, 0) is 11.2 Å². The molecule has 1 aromatic carbocycles. The maximum atomic E-state index is 12.1. The first-order valence-electron chi connectivity index (χ1n) is 8.73. The van der Waals surface area contributed by atoms with Gasteiger partial charge in [-0.05, 0) is 48.6 Å². The zero-order valence-corrected chi connectivity index (χ0v) is 15.3. The summed E-state index contributed by atoms with van der Waals surface area (Å²) in [6.07, 6.45) is 2.70. The van der Waals surface area contributed by atoms with E-state index in [1.807, 2.05) is 16.8 Å². The van der Waals surface area contributed by atoms with Gasteiger partial charge >= 0.3 is 0 Å². The van der Waals surface area contributed by atoms with E-state index in [1.54, 1.807) is 35.6 Å². The second-order valence-corrected chi connectivity index (χ2v) is 7.17. The highest BCUT2D eigenvalue weighted by Crippen LogP contribution is 2.21.